The maximum atomic E-state index is 11.9. The van der Waals surface area contributed by atoms with E-state index in [2.05, 4.69) is 11.4 Å². The summed E-state index contributed by atoms with van der Waals surface area (Å²) in [5.74, 6) is 0.294. The number of amides is 1. The molecule has 1 atom stereocenters. The lowest BCUT2D eigenvalue weighted by molar-refractivity contribution is -0.120. The second-order valence-electron chi connectivity index (χ2n) is 5.12. The van der Waals surface area contributed by atoms with Crippen molar-refractivity contribution in [3.05, 3.63) is 29.8 Å². The van der Waals surface area contributed by atoms with Crippen LogP contribution in [0.15, 0.2) is 29.2 Å². The summed E-state index contributed by atoms with van der Waals surface area (Å²) >= 11 is 1.48. The molecule has 1 aromatic rings. The predicted molar refractivity (Wildman–Crippen MR) is 78.9 cm³/mol. The second kappa shape index (κ2) is 6.63. The van der Waals surface area contributed by atoms with Gasteiger partial charge in [0.1, 0.15) is 5.54 Å². The van der Waals surface area contributed by atoms with E-state index in [1.807, 2.05) is 45.0 Å². The van der Waals surface area contributed by atoms with Crippen molar-refractivity contribution in [2.24, 2.45) is 5.92 Å². The second-order valence-corrected chi connectivity index (χ2v) is 6.17. The van der Waals surface area contributed by atoms with Crippen molar-refractivity contribution in [2.45, 2.75) is 38.1 Å². The minimum Gasteiger partial charge on any atom is -0.337 e. The van der Waals surface area contributed by atoms with Gasteiger partial charge in [0, 0.05) is 4.90 Å². The largest absolute Gasteiger partial charge is 0.337 e. The first-order valence-electron chi connectivity index (χ1n) is 6.29. The van der Waals surface area contributed by atoms with E-state index in [4.69, 9.17) is 5.26 Å². The lowest BCUT2D eigenvalue weighted by Crippen LogP contribution is -2.49. The van der Waals surface area contributed by atoms with Crippen LogP contribution in [0, 0.1) is 24.2 Å². The van der Waals surface area contributed by atoms with E-state index >= 15 is 0 Å². The van der Waals surface area contributed by atoms with E-state index in [1.165, 1.54) is 17.3 Å². The number of nitriles is 1. The Bertz CT molecular complexity index is 493. The molecule has 19 heavy (non-hydrogen) atoms. The monoisotopic (exact) mass is 276 g/mol. The third-order valence-electron chi connectivity index (χ3n) is 3.15. The molecule has 1 N–H and O–H groups in total. The quantitative estimate of drug-likeness (QED) is 0.841. The minimum atomic E-state index is -0.801. The summed E-state index contributed by atoms with van der Waals surface area (Å²) in [6, 6.07) is 10.2. The van der Waals surface area contributed by atoms with E-state index in [0.717, 1.165) is 4.90 Å². The average molecular weight is 276 g/mol. The van der Waals surface area contributed by atoms with Crippen LogP contribution in [0.4, 0.5) is 0 Å². The zero-order valence-electron chi connectivity index (χ0n) is 11.9. The van der Waals surface area contributed by atoms with Crippen LogP contribution in [-0.4, -0.2) is 17.2 Å². The van der Waals surface area contributed by atoms with Crippen molar-refractivity contribution in [1.82, 2.24) is 5.32 Å². The van der Waals surface area contributed by atoms with Crippen molar-refractivity contribution < 1.29 is 4.79 Å². The van der Waals surface area contributed by atoms with Crippen molar-refractivity contribution in [2.75, 3.05) is 5.75 Å². The molecule has 0 aliphatic carbocycles. The number of carbonyl (C=O) groups excluding carboxylic acids is 1. The van der Waals surface area contributed by atoms with E-state index in [9.17, 15) is 4.79 Å². The van der Waals surface area contributed by atoms with Gasteiger partial charge in [-0.3, -0.25) is 4.79 Å². The third-order valence-corrected chi connectivity index (χ3v) is 4.14. The van der Waals surface area contributed by atoms with Crippen LogP contribution in [-0.2, 0) is 4.79 Å². The summed E-state index contributed by atoms with van der Waals surface area (Å²) in [4.78, 5) is 13.0. The van der Waals surface area contributed by atoms with Gasteiger partial charge < -0.3 is 5.32 Å². The maximum Gasteiger partial charge on any atom is 0.231 e. The fourth-order valence-corrected chi connectivity index (χ4v) is 2.30. The standard InChI is InChI=1S/C15H20N2OS/c1-11(2)15(4,10-16)17-14(18)9-19-13-7-5-6-12(3)8-13/h5-8,11H,9H2,1-4H3,(H,17,18)/t15-/m0/s1. The van der Waals surface area contributed by atoms with Crippen LogP contribution in [0.2, 0.25) is 0 Å². The van der Waals surface area contributed by atoms with Gasteiger partial charge in [0.25, 0.3) is 0 Å². The fraction of sp³-hybridized carbons (Fsp3) is 0.467. The van der Waals surface area contributed by atoms with Crippen molar-refractivity contribution in [3.8, 4) is 6.07 Å². The Labute approximate surface area is 119 Å². The molecule has 3 nitrogen and oxygen atoms in total. The minimum absolute atomic E-state index is 0.0745. The van der Waals surface area contributed by atoms with E-state index in [-0.39, 0.29) is 11.8 Å². The molecule has 0 fully saturated rings. The number of nitrogens with zero attached hydrogens (tertiary/aromatic N) is 1. The van der Waals surface area contributed by atoms with Crippen molar-refractivity contribution in [3.63, 3.8) is 0 Å². The molecular weight excluding hydrogens is 256 g/mol. The summed E-state index contributed by atoms with van der Waals surface area (Å²) in [5, 5.41) is 12.0. The molecular formula is C15H20N2OS. The molecule has 102 valence electrons. The number of hydrogen-bond donors (Lipinski definition) is 1. The molecule has 0 spiro atoms. The van der Waals surface area contributed by atoms with E-state index in [0.29, 0.717) is 5.75 Å². The molecule has 1 rings (SSSR count). The molecule has 0 saturated carbocycles. The Balaban J connectivity index is 2.55. The highest BCUT2D eigenvalue weighted by Gasteiger charge is 2.29. The SMILES string of the molecule is Cc1cccc(SCC(=O)N[C@@](C)(C#N)C(C)C)c1. The van der Waals surface area contributed by atoms with E-state index < -0.39 is 5.54 Å². The highest BCUT2D eigenvalue weighted by molar-refractivity contribution is 8.00. The molecule has 1 amide bonds. The van der Waals surface area contributed by atoms with Gasteiger partial charge in [0.05, 0.1) is 11.8 Å². The smallest absolute Gasteiger partial charge is 0.231 e. The third kappa shape index (κ3) is 4.60. The number of nitrogens with one attached hydrogen (secondary N) is 1. The molecule has 0 aliphatic rings. The first kappa shape index (κ1) is 15.6. The van der Waals surface area contributed by atoms with Crippen LogP contribution < -0.4 is 5.32 Å². The molecule has 0 aliphatic heterocycles. The number of benzene rings is 1. The zero-order chi connectivity index (χ0) is 14.5. The van der Waals surface area contributed by atoms with Crippen molar-refractivity contribution >= 4 is 17.7 Å². The van der Waals surface area contributed by atoms with Gasteiger partial charge >= 0.3 is 0 Å². The number of thioether (sulfide) groups is 1. The molecule has 0 heterocycles. The average Bonchev–Trinajstić information content (AvgIpc) is 2.36. The zero-order valence-corrected chi connectivity index (χ0v) is 12.7. The molecule has 0 bridgehead atoms. The Kier molecular flexibility index (Phi) is 5.44. The Morgan fingerprint density at radius 2 is 2.21 bits per heavy atom. The van der Waals surface area contributed by atoms with Gasteiger partial charge in [0.2, 0.25) is 5.91 Å². The maximum absolute atomic E-state index is 11.9. The van der Waals surface area contributed by atoms with Crippen LogP contribution in [0.1, 0.15) is 26.3 Å². The van der Waals surface area contributed by atoms with Gasteiger partial charge in [-0.25, -0.2) is 0 Å². The summed E-state index contributed by atoms with van der Waals surface area (Å²) in [5.41, 5.74) is 0.374. The molecule has 0 aromatic heterocycles. The number of carbonyl (C=O) groups is 1. The Morgan fingerprint density at radius 3 is 2.74 bits per heavy atom. The Hall–Kier alpha value is -1.47. The molecule has 0 unspecified atom stereocenters. The van der Waals surface area contributed by atoms with Crippen LogP contribution in [0.25, 0.3) is 0 Å². The highest BCUT2D eigenvalue weighted by atomic mass is 32.2. The summed E-state index contributed by atoms with van der Waals surface area (Å²) < 4.78 is 0. The van der Waals surface area contributed by atoms with Crippen molar-refractivity contribution in [1.29, 1.82) is 5.26 Å². The number of rotatable bonds is 5. The lowest BCUT2D eigenvalue weighted by Gasteiger charge is -2.27. The Morgan fingerprint density at radius 1 is 1.53 bits per heavy atom. The van der Waals surface area contributed by atoms with Crippen LogP contribution >= 0.6 is 11.8 Å². The highest BCUT2D eigenvalue weighted by Crippen LogP contribution is 2.20. The van der Waals surface area contributed by atoms with Gasteiger partial charge in [-0.05, 0) is 31.9 Å². The number of hydrogen-bond acceptors (Lipinski definition) is 3. The van der Waals surface area contributed by atoms with Gasteiger partial charge in [0.15, 0.2) is 0 Å². The first-order chi connectivity index (χ1) is 8.87. The molecule has 1 aromatic carbocycles. The summed E-state index contributed by atoms with van der Waals surface area (Å²) in [6.07, 6.45) is 0. The first-order valence-corrected chi connectivity index (χ1v) is 7.27. The number of aryl methyl sites for hydroxylation is 1. The van der Waals surface area contributed by atoms with Gasteiger partial charge in [-0.1, -0.05) is 31.5 Å². The predicted octanol–water partition coefficient (Wildman–Crippen LogP) is 3.14. The topological polar surface area (TPSA) is 52.9 Å². The van der Waals surface area contributed by atoms with Crippen LogP contribution in [0.5, 0.6) is 0 Å². The normalized spacial score (nSPS) is 13.7. The summed E-state index contributed by atoms with van der Waals surface area (Å²) in [6.45, 7) is 7.64. The molecule has 4 heteroatoms. The van der Waals surface area contributed by atoms with Gasteiger partial charge in [-0.2, -0.15) is 5.26 Å². The van der Waals surface area contributed by atoms with Crippen LogP contribution in [0.3, 0.4) is 0 Å². The summed E-state index contributed by atoms with van der Waals surface area (Å²) in [7, 11) is 0. The lowest BCUT2D eigenvalue weighted by atomic mass is 9.90. The van der Waals surface area contributed by atoms with E-state index in [1.54, 1.807) is 6.92 Å². The fourth-order valence-electron chi connectivity index (χ4n) is 1.48. The van der Waals surface area contributed by atoms with Gasteiger partial charge in [-0.15, -0.1) is 11.8 Å². The molecule has 0 saturated heterocycles. The molecule has 0 radical (unpaired) electrons.